The summed E-state index contributed by atoms with van der Waals surface area (Å²) < 4.78 is 5.29. The zero-order valence-electron chi connectivity index (χ0n) is 12.6. The third-order valence-corrected chi connectivity index (χ3v) is 4.19. The van der Waals surface area contributed by atoms with E-state index in [-0.39, 0.29) is 0 Å². The monoisotopic (exact) mass is 262 g/mol. The molecule has 3 atom stereocenters. The van der Waals surface area contributed by atoms with Crippen LogP contribution in [0.5, 0.6) is 5.75 Å². The zero-order chi connectivity index (χ0) is 13.8. The fourth-order valence-electron chi connectivity index (χ4n) is 3.12. The average molecular weight is 262 g/mol. The first-order valence-corrected chi connectivity index (χ1v) is 7.33. The molecule has 1 aromatic rings. The van der Waals surface area contributed by atoms with Crippen LogP contribution in [0.2, 0.25) is 0 Å². The first-order chi connectivity index (χ1) is 9.08. The van der Waals surface area contributed by atoms with Gasteiger partial charge in [-0.25, -0.2) is 0 Å². The van der Waals surface area contributed by atoms with E-state index in [9.17, 15) is 0 Å². The van der Waals surface area contributed by atoms with Gasteiger partial charge in [-0.15, -0.1) is 0 Å². The number of hydrogen-bond acceptors (Lipinski definition) is 3. The number of rotatable bonds is 4. The van der Waals surface area contributed by atoms with Crippen molar-refractivity contribution < 1.29 is 4.74 Å². The van der Waals surface area contributed by atoms with Crippen molar-refractivity contribution in [3.63, 3.8) is 0 Å². The Morgan fingerprint density at radius 3 is 2.79 bits per heavy atom. The van der Waals surface area contributed by atoms with E-state index in [4.69, 9.17) is 4.74 Å². The summed E-state index contributed by atoms with van der Waals surface area (Å²) in [6, 6.07) is 4.62. The molecule has 0 radical (unpaired) electrons. The lowest BCUT2D eigenvalue weighted by Crippen LogP contribution is -2.38. The summed E-state index contributed by atoms with van der Waals surface area (Å²) in [7, 11) is 1.70. The minimum atomic E-state index is 0.629. The molecule has 106 valence electrons. The number of hydrogen-bond donors (Lipinski definition) is 1. The Kier molecular flexibility index (Phi) is 4.81. The zero-order valence-corrected chi connectivity index (χ0v) is 12.6. The van der Waals surface area contributed by atoms with Gasteiger partial charge in [0.05, 0.1) is 12.8 Å². The molecule has 1 fully saturated rings. The molecule has 3 heteroatoms. The molecule has 1 aromatic heterocycles. The second-order valence-electron chi connectivity index (χ2n) is 6.02. The Morgan fingerprint density at radius 2 is 2.11 bits per heavy atom. The number of ether oxygens (including phenoxy) is 1. The minimum absolute atomic E-state index is 0.629. The van der Waals surface area contributed by atoms with Crippen molar-refractivity contribution in [1.29, 1.82) is 0 Å². The number of pyridine rings is 1. The quantitative estimate of drug-likeness (QED) is 0.904. The molecule has 2 rings (SSSR count). The summed E-state index contributed by atoms with van der Waals surface area (Å²) in [4.78, 5) is 4.56. The molecule has 1 N–H and O–H groups in total. The van der Waals surface area contributed by atoms with Gasteiger partial charge in [0.2, 0.25) is 0 Å². The predicted molar refractivity (Wildman–Crippen MR) is 78.3 cm³/mol. The third-order valence-electron chi connectivity index (χ3n) is 4.19. The first kappa shape index (κ1) is 14.3. The average Bonchev–Trinajstić information content (AvgIpc) is 2.37. The van der Waals surface area contributed by atoms with E-state index in [0.717, 1.165) is 35.5 Å². The van der Waals surface area contributed by atoms with E-state index in [0.29, 0.717) is 6.04 Å². The highest BCUT2D eigenvalue weighted by molar-refractivity contribution is 5.26. The molecule has 0 spiro atoms. The lowest BCUT2D eigenvalue weighted by molar-refractivity contribution is 0.226. The van der Waals surface area contributed by atoms with Crippen LogP contribution in [-0.4, -0.2) is 18.1 Å². The highest BCUT2D eigenvalue weighted by atomic mass is 16.5. The minimum Gasteiger partial charge on any atom is -0.497 e. The van der Waals surface area contributed by atoms with Crippen LogP contribution in [0.4, 0.5) is 0 Å². The summed E-state index contributed by atoms with van der Waals surface area (Å²) in [5, 5.41) is 3.67. The van der Waals surface area contributed by atoms with Crippen LogP contribution in [0.1, 0.15) is 44.5 Å². The summed E-state index contributed by atoms with van der Waals surface area (Å²) in [5.41, 5.74) is 2.09. The second kappa shape index (κ2) is 6.38. The molecule has 0 aromatic carbocycles. The van der Waals surface area contributed by atoms with Crippen molar-refractivity contribution in [3.8, 4) is 5.75 Å². The number of methoxy groups -OCH3 is 1. The standard InChI is InChI=1S/C16H26N2O/c1-11-5-6-16(12(2)7-11)17-10-14-9-15(19-4)8-13(3)18-14/h8-9,11-12,16-17H,5-7,10H2,1-4H3. The molecule has 1 aliphatic rings. The maximum absolute atomic E-state index is 5.29. The van der Waals surface area contributed by atoms with E-state index in [1.54, 1.807) is 7.11 Å². The van der Waals surface area contributed by atoms with Crippen LogP contribution in [-0.2, 0) is 6.54 Å². The molecule has 19 heavy (non-hydrogen) atoms. The van der Waals surface area contributed by atoms with Crippen LogP contribution in [0.3, 0.4) is 0 Å². The summed E-state index contributed by atoms with van der Waals surface area (Å²) in [5.74, 6) is 2.54. The molecule has 0 amide bonds. The van der Waals surface area contributed by atoms with Gasteiger partial charge in [0.25, 0.3) is 0 Å². The molecular weight excluding hydrogens is 236 g/mol. The molecule has 1 heterocycles. The Morgan fingerprint density at radius 1 is 1.32 bits per heavy atom. The molecule has 0 bridgehead atoms. The topological polar surface area (TPSA) is 34.1 Å². The Labute approximate surface area is 116 Å². The fraction of sp³-hybridized carbons (Fsp3) is 0.688. The molecule has 1 saturated carbocycles. The van der Waals surface area contributed by atoms with Crippen LogP contribution in [0, 0.1) is 18.8 Å². The summed E-state index contributed by atoms with van der Waals surface area (Å²) in [6.07, 6.45) is 3.96. The molecule has 0 saturated heterocycles. The number of nitrogens with zero attached hydrogens (tertiary/aromatic N) is 1. The lowest BCUT2D eigenvalue weighted by Gasteiger charge is -2.33. The highest BCUT2D eigenvalue weighted by Gasteiger charge is 2.24. The Balaban J connectivity index is 1.93. The van der Waals surface area contributed by atoms with Crippen LogP contribution in [0.15, 0.2) is 12.1 Å². The van der Waals surface area contributed by atoms with Crippen molar-refractivity contribution >= 4 is 0 Å². The molecule has 0 aliphatic heterocycles. The van der Waals surface area contributed by atoms with Gasteiger partial charge in [0, 0.05) is 30.4 Å². The van der Waals surface area contributed by atoms with Gasteiger partial charge in [-0.1, -0.05) is 13.8 Å². The normalized spacial score (nSPS) is 27.3. The van der Waals surface area contributed by atoms with E-state index in [2.05, 4.69) is 24.1 Å². The maximum Gasteiger partial charge on any atom is 0.122 e. The second-order valence-corrected chi connectivity index (χ2v) is 6.02. The van der Waals surface area contributed by atoms with Crippen molar-refractivity contribution in [2.45, 2.75) is 52.6 Å². The van der Waals surface area contributed by atoms with Gasteiger partial charge in [0.15, 0.2) is 0 Å². The number of aryl methyl sites for hydroxylation is 1. The van der Waals surface area contributed by atoms with E-state index < -0.39 is 0 Å². The molecule has 3 nitrogen and oxygen atoms in total. The maximum atomic E-state index is 5.29. The summed E-state index contributed by atoms with van der Waals surface area (Å²) in [6.45, 7) is 7.57. The van der Waals surface area contributed by atoms with E-state index in [1.807, 2.05) is 19.1 Å². The van der Waals surface area contributed by atoms with Crippen molar-refractivity contribution in [1.82, 2.24) is 10.3 Å². The predicted octanol–water partition coefficient (Wildman–Crippen LogP) is 3.31. The van der Waals surface area contributed by atoms with Gasteiger partial charge >= 0.3 is 0 Å². The molecule has 3 unspecified atom stereocenters. The summed E-state index contributed by atoms with van der Waals surface area (Å²) >= 11 is 0. The largest absolute Gasteiger partial charge is 0.497 e. The van der Waals surface area contributed by atoms with Gasteiger partial charge in [-0.2, -0.15) is 0 Å². The van der Waals surface area contributed by atoms with Crippen LogP contribution < -0.4 is 10.1 Å². The van der Waals surface area contributed by atoms with Gasteiger partial charge < -0.3 is 10.1 Å². The first-order valence-electron chi connectivity index (χ1n) is 7.33. The smallest absolute Gasteiger partial charge is 0.122 e. The lowest BCUT2D eigenvalue weighted by atomic mass is 9.80. The highest BCUT2D eigenvalue weighted by Crippen LogP contribution is 2.28. The van der Waals surface area contributed by atoms with Crippen molar-refractivity contribution in [2.75, 3.05) is 7.11 Å². The number of nitrogens with one attached hydrogen (secondary N) is 1. The van der Waals surface area contributed by atoms with E-state index >= 15 is 0 Å². The Hall–Kier alpha value is -1.09. The van der Waals surface area contributed by atoms with Crippen LogP contribution >= 0.6 is 0 Å². The molecule has 1 aliphatic carbocycles. The third kappa shape index (κ3) is 3.93. The van der Waals surface area contributed by atoms with Gasteiger partial charge in [0.1, 0.15) is 5.75 Å². The number of aromatic nitrogens is 1. The van der Waals surface area contributed by atoms with E-state index in [1.165, 1.54) is 19.3 Å². The van der Waals surface area contributed by atoms with Gasteiger partial charge in [-0.3, -0.25) is 4.98 Å². The molecular formula is C16H26N2O. The SMILES string of the molecule is COc1cc(C)nc(CNC2CCC(C)CC2C)c1. The van der Waals surface area contributed by atoms with Crippen molar-refractivity contribution in [3.05, 3.63) is 23.5 Å². The Bertz CT molecular complexity index is 419. The fourth-order valence-corrected chi connectivity index (χ4v) is 3.12. The van der Waals surface area contributed by atoms with Crippen molar-refractivity contribution in [2.24, 2.45) is 11.8 Å². The van der Waals surface area contributed by atoms with Gasteiger partial charge in [-0.05, 0) is 38.0 Å². The van der Waals surface area contributed by atoms with Crippen LogP contribution in [0.25, 0.3) is 0 Å².